The van der Waals surface area contributed by atoms with Crippen LogP contribution in [0.1, 0.15) is 20.7 Å². The third kappa shape index (κ3) is 7.35. The Kier molecular flexibility index (Phi) is 9.69. The van der Waals surface area contributed by atoms with E-state index in [-0.39, 0.29) is 30.8 Å². The van der Waals surface area contributed by atoms with Crippen molar-refractivity contribution in [3.05, 3.63) is 89.7 Å². The lowest BCUT2D eigenvalue weighted by molar-refractivity contribution is -0.117. The lowest BCUT2D eigenvalue weighted by Crippen LogP contribution is -2.48. The van der Waals surface area contributed by atoms with Gasteiger partial charge in [-0.05, 0) is 66.7 Å². The molecule has 1 saturated heterocycles. The van der Waals surface area contributed by atoms with E-state index in [2.05, 4.69) is 10.2 Å². The molecule has 0 unspecified atom stereocenters. The fourth-order valence-corrected chi connectivity index (χ4v) is 4.47. The summed E-state index contributed by atoms with van der Waals surface area (Å²) in [6, 6.07) is 19.9. The third-order valence-corrected chi connectivity index (χ3v) is 6.68. The highest BCUT2D eigenvalue weighted by molar-refractivity contribution is 5.99. The van der Waals surface area contributed by atoms with Crippen LogP contribution in [0.4, 0.5) is 15.8 Å². The van der Waals surface area contributed by atoms with Crippen LogP contribution < -0.4 is 15.0 Å². The van der Waals surface area contributed by atoms with Gasteiger partial charge in [0.2, 0.25) is 5.91 Å². The molecule has 0 radical (unpaired) electrons. The van der Waals surface area contributed by atoms with Gasteiger partial charge in [0.25, 0.3) is 11.8 Å². The number of anilines is 2. The van der Waals surface area contributed by atoms with Crippen LogP contribution >= 0.6 is 0 Å². The number of methoxy groups -OCH3 is 2. The highest BCUT2D eigenvalue weighted by Crippen LogP contribution is 2.21. The Labute approximate surface area is 233 Å². The van der Waals surface area contributed by atoms with Gasteiger partial charge in [0.15, 0.2) is 0 Å². The number of nitrogens with one attached hydrogen (secondary N) is 1. The van der Waals surface area contributed by atoms with E-state index in [4.69, 9.17) is 9.47 Å². The van der Waals surface area contributed by atoms with Crippen molar-refractivity contribution in [2.24, 2.45) is 0 Å². The van der Waals surface area contributed by atoms with E-state index in [1.165, 1.54) is 23.1 Å². The lowest BCUT2D eigenvalue weighted by atomic mass is 10.1. The summed E-state index contributed by atoms with van der Waals surface area (Å²) in [5.41, 5.74) is 2.37. The van der Waals surface area contributed by atoms with Crippen molar-refractivity contribution in [1.29, 1.82) is 0 Å². The number of hydrogen-bond acceptors (Lipinski definition) is 6. The molecular formula is C30H33FN4O5. The second kappa shape index (κ2) is 13.6. The van der Waals surface area contributed by atoms with Gasteiger partial charge in [0.1, 0.15) is 18.1 Å². The first-order chi connectivity index (χ1) is 19.4. The van der Waals surface area contributed by atoms with Gasteiger partial charge in [-0.25, -0.2) is 4.39 Å². The van der Waals surface area contributed by atoms with E-state index in [0.717, 1.165) is 5.69 Å². The molecule has 1 aliphatic heterocycles. The molecule has 3 aromatic carbocycles. The SMILES string of the molecule is COCCN(CC(=O)Nc1ccc(N2CCN(C(=O)c3cccc(F)c3)CC2)cc1)C(=O)c1ccc(OC)cc1. The molecule has 1 aliphatic rings. The third-order valence-electron chi connectivity index (χ3n) is 6.68. The van der Waals surface area contributed by atoms with Crippen LogP contribution in [0.2, 0.25) is 0 Å². The summed E-state index contributed by atoms with van der Waals surface area (Å²) >= 11 is 0. The summed E-state index contributed by atoms with van der Waals surface area (Å²) < 4.78 is 23.8. The van der Waals surface area contributed by atoms with Crippen molar-refractivity contribution in [3.8, 4) is 5.75 Å². The van der Waals surface area contributed by atoms with Crippen LogP contribution in [0, 0.1) is 5.82 Å². The Balaban J connectivity index is 1.31. The minimum absolute atomic E-state index is 0.128. The summed E-state index contributed by atoms with van der Waals surface area (Å²) in [7, 11) is 3.10. The second-order valence-corrected chi connectivity index (χ2v) is 9.33. The minimum Gasteiger partial charge on any atom is -0.497 e. The summed E-state index contributed by atoms with van der Waals surface area (Å²) in [6.07, 6.45) is 0. The van der Waals surface area contributed by atoms with Crippen LogP contribution in [0.25, 0.3) is 0 Å². The first-order valence-corrected chi connectivity index (χ1v) is 13.0. The molecular weight excluding hydrogens is 515 g/mol. The van der Waals surface area contributed by atoms with E-state index < -0.39 is 5.82 Å². The predicted molar refractivity (Wildman–Crippen MR) is 150 cm³/mol. The molecule has 4 rings (SSSR count). The molecule has 9 nitrogen and oxygen atoms in total. The minimum atomic E-state index is -0.428. The summed E-state index contributed by atoms with van der Waals surface area (Å²) in [6.45, 7) is 2.74. The molecule has 0 spiro atoms. The van der Waals surface area contributed by atoms with Crippen molar-refractivity contribution in [1.82, 2.24) is 9.80 Å². The highest BCUT2D eigenvalue weighted by atomic mass is 19.1. The fourth-order valence-electron chi connectivity index (χ4n) is 4.47. The molecule has 0 aliphatic carbocycles. The highest BCUT2D eigenvalue weighted by Gasteiger charge is 2.23. The van der Waals surface area contributed by atoms with E-state index in [1.54, 1.807) is 49.5 Å². The number of nitrogens with zero attached hydrogens (tertiary/aromatic N) is 3. The number of carbonyl (C=O) groups excluding carboxylic acids is 3. The number of carbonyl (C=O) groups is 3. The maximum absolute atomic E-state index is 13.5. The van der Waals surface area contributed by atoms with Crippen molar-refractivity contribution >= 4 is 29.1 Å². The van der Waals surface area contributed by atoms with Crippen molar-refractivity contribution in [2.45, 2.75) is 0 Å². The maximum atomic E-state index is 13.5. The molecule has 1 N–H and O–H groups in total. The first kappa shape index (κ1) is 28.6. The van der Waals surface area contributed by atoms with Gasteiger partial charge in [-0.3, -0.25) is 14.4 Å². The van der Waals surface area contributed by atoms with Gasteiger partial charge in [0, 0.05) is 62.3 Å². The number of hydrogen-bond donors (Lipinski definition) is 1. The molecule has 0 atom stereocenters. The molecule has 0 aromatic heterocycles. The number of rotatable bonds is 10. The first-order valence-electron chi connectivity index (χ1n) is 13.0. The van der Waals surface area contributed by atoms with Crippen LogP contribution in [-0.2, 0) is 9.53 Å². The van der Waals surface area contributed by atoms with Gasteiger partial charge in [0.05, 0.1) is 13.7 Å². The van der Waals surface area contributed by atoms with Gasteiger partial charge < -0.3 is 29.5 Å². The van der Waals surface area contributed by atoms with Gasteiger partial charge >= 0.3 is 0 Å². The number of amides is 3. The fraction of sp³-hybridized carbons (Fsp3) is 0.300. The molecule has 10 heteroatoms. The van der Waals surface area contributed by atoms with E-state index in [0.29, 0.717) is 55.3 Å². The molecule has 3 amide bonds. The Bertz CT molecular complexity index is 1310. The zero-order valence-electron chi connectivity index (χ0n) is 22.6. The Morgan fingerprint density at radius 3 is 2.23 bits per heavy atom. The molecule has 210 valence electrons. The zero-order chi connectivity index (χ0) is 28.5. The topological polar surface area (TPSA) is 91.4 Å². The van der Waals surface area contributed by atoms with Gasteiger partial charge in [-0.15, -0.1) is 0 Å². The van der Waals surface area contributed by atoms with E-state index in [1.807, 2.05) is 24.3 Å². The van der Waals surface area contributed by atoms with Crippen LogP contribution in [-0.4, -0.2) is 87.6 Å². The van der Waals surface area contributed by atoms with Crippen LogP contribution in [0.5, 0.6) is 5.75 Å². The predicted octanol–water partition coefficient (Wildman–Crippen LogP) is 3.52. The molecule has 40 heavy (non-hydrogen) atoms. The van der Waals surface area contributed by atoms with Crippen molar-refractivity contribution in [3.63, 3.8) is 0 Å². The Morgan fingerprint density at radius 1 is 0.900 bits per heavy atom. The quantitative estimate of drug-likeness (QED) is 0.417. The molecule has 1 heterocycles. The van der Waals surface area contributed by atoms with Gasteiger partial charge in [-0.2, -0.15) is 0 Å². The average molecular weight is 549 g/mol. The lowest BCUT2D eigenvalue weighted by Gasteiger charge is -2.36. The maximum Gasteiger partial charge on any atom is 0.254 e. The number of piperazine rings is 1. The summed E-state index contributed by atoms with van der Waals surface area (Å²) in [5.74, 6) is -0.568. The summed E-state index contributed by atoms with van der Waals surface area (Å²) in [4.78, 5) is 43.8. The standard InChI is InChI=1S/C30H33FN4O5/c1-39-19-18-35(29(37)22-6-12-27(40-2)13-7-22)21-28(36)32-25-8-10-26(11-9-25)33-14-16-34(17-15-33)30(38)23-4-3-5-24(31)20-23/h3-13,20H,14-19,21H2,1-2H3,(H,32,36). The average Bonchev–Trinajstić information content (AvgIpc) is 2.99. The molecule has 3 aromatic rings. The Hall–Kier alpha value is -4.44. The van der Waals surface area contributed by atoms with Crippen molar-refractivity contribution in [2.75, 3.05) is 70.3 Å². The zero-order valence-corrected chi connectivity index (χ0v) is 22.6. The van der Waals surface area contributed by atoms with Gasteiger partial charge in [-0.1, -0.05) is 6.07 Å². The molecule has 0 saturated carbocycles. The number of ether oxygens (including phenoxy) is 2. The van der Waals surface area contributed by atoms with Crippen LogP contribution in [0.15, 0.2) is 72.8 Å². The normalized spacial score (nSPS) is 13.1. The van der Waals surface area contributed by atoms with Crippen molar-refractivity contribution < 1.29 is 28.2 Å². The second-order valence-electron chi connectivity index (χ2n) is 9.33. The number of benzene rings is 3. The van der Waals surface area contributed by atoms with E-state index >= 15 is 0 Å². The summed E-state index contributed by atoms with van der Waals surface area (Å²) in [5, 5.41) is 2.85. The molecule has 1 fully saturated rings. The van der Waals surface area contributed by atoms with Crippen LogP contribution in [0.3, 0.4) is 0 Å². The molecule has 0 bridgehead atoms. The smallest absolute Gasteiger partial charge is 0.254 e. The largest absolute Gasteiger partial charge is 0.497 e. The Morgan fingerprint density at radius 2 is 1.60 bits per heavy atom. The monoisotopic (exact) mass is 548 g/mol. The van der Waals surface area contributed by atoms with E-state index in [9.17, 15) is 18.8 Å². The number of halogens is 1.